The molecule has 0 spiro atoms. The maximum atomic E-state index is 12.4. The second-order valence-corrected chi connectivity index (χ2v) is 7.73. The number of aryl methyl sites for hydroxylation is 3. The number of nitro benzene ring substituents is 1. The van der Waals surface area contributed by atoms with Crippen LogP contribution in [-0.4, -0.2) is 27.2 Å². The molecule has 0 saturated carbocycles. The van der Waals surface area contributed by atoms with Gasteiger partial charge in [-0.15, -0.1) is 0 Å². The average Bonchev–Trinajstić information content (AvgIpc) is 3.03. The molecule has 0 bridgehead atoms. The van der Waals surface area contributed by atoms with Crippen LogP contribution in [0.15, 0.2) is 64.4 Å². The number of hydrogen-bond acceptors (Lipinski definition) is 5. The summed E-state index contributed by atoms with van der Waals surface area (Å²) in [5, 5.41) is 18.7. The minimum atomic E-state index is -0.453. The molecule has 0 saturated heterocycles. The highest BCUT2D eigenvalue weighted by Crippen LogP contribution is 2.35. The third-order valence-electron chi connectivity index (χ3n) is 4.32. The summed E-state index contributed by atoms with van der Waals surface area (Å²) in [4.78, 5) is 24.8. The highest BCUT2D eigenvalue weighted by molar-refractivity contribution is 7.99. The third kappa shape index (κ3) is 5.45. The normalized spacial score (nSPS) is 10.7. The lowest BCUT2D eigenvalue weighted by Crippen LogP contribution is -2.25. The van der Waals surface area contributed by atoms with Gasteiger partial charge in [-0.25, -0.2) is 0 Å². The molecule has 1 N–H and O–H groups in total. The molecule has 1 heterocycles. The summed E-state index contributed by atoms with van der Waals surface area (Å²) >= 11 is 1.30. The van der Waals surface area contributed by atoms with Crippen molar-refractivity contribution in [1.29, 1.82) is 0 Å². The lowest BCUT2D eigenvalue weighted by Gasteiger charge is -2.08. The minimum Gasteiger partial charge on any atom is -0.352 e. The first-order valence-electron chi connectivity index (χ1n) is 9.24. The lowest BCUT2D eigenvalue weighted by molar-refractivity contribution is -0.387. The molecular weight excluding hydrogens is 388 g/mol. The Balaban J connectivity index is 1.62. The van der Waals surface area contributed by atoms with E-state index in [0.717, 1.165) is 22.7 Å². The summed E-state index contributed by atoms with van der Waals surface area (Å²) in [5.41, 5.74) is 2.25. The number of carbonyl (C=O) groups excluding carboxylic acids is 1. The van der Waals surface area contributed by atoms with Crippen LogP contribution < -0.4 is 5.32 Å². The van der Waals surface area contributed by atoms with E-state index in [0.29, 0.717) is 18.0 Å². The highest BCUT2D eigenvalue weighted by Gasteiger charge is 2.18. The van der Waals surface area contributed by atoms with Gasteiger partial charge in [-0.05, 0) is 50.6 Å². The fraction of sp³-hybridized carbons (Fsp3) is 0.238. The third-order valence-corrected chi connectivity index (χ3v) is 5.40. The van der Waals surface area contributed by atoms with E-state index < -0.39 is 4.92 Å². The first-order valence-corrected chi connectivity index (χ1v) is 10.1. The van der Waals surface area contributed by atoms with Gasteiger partial charge in [0.1, 0.15) is 0 Å². The number of carbonyl (C=O) groups is 1. The van der Waals surface area contributed by atoms with Gasteiger partial charge in [-0.1, -0.05) is 30.0 Å². The second-order valence-electron chi connectivity index (χ2n) is 6.61. The quantitative estimate of drug-likeness (QED) is 0.338. The number of hydrogen-bond donors (Lipinski definition) is 1. The fourth-order valence-electron chi connectivity index (χ4n) is 2.94. The van der Waals surface area contributed by atoms with E-state index in [-0.39, 0.29) is 17.2 Å². The maximum absolute atomic E-state index is 12.4. The Morgan fingerprint density at radius 1 is 1.17 bits per heavy atom. The Bertz CT molecular complexity index is 1020. The summed E-state index contributed by atoms with van der Waals surface area (Å²) in [6.45, 7) is 5.10. The Morgan fingerprint density at radius 2 is 1.93 bits per heavy atom. The molecule has 29 heavy (non-hydrogen) atoms. The van der Waals surface area contributed by atoms with E-state index in [1.807, 2.05) is 54.9 Å². The molecule has 0 aliphatic rings. The van der Waals surface area contributed by atoms with Crippen LogP contribution >= 0.6 is 11.8 Å². The predicted octanol–water partition coefficient (Wildman–Crippen LogP) is 4.38. The van der Waals surface area contributed by atoms with Gasteiger partial charge in [0.2, 0.25) is 0 Å². The van der Waals surface area contributed by atoms with Gasteiger partial charge in [0.15, 0.2) is 0 Å². The average molecular weight is 410 g/mol. The molecule has 1 amide bonds. The number of nitrogens with one attached hydrogen (secondary N) is 1. The topological polar surface area (TPSA) is 90.1 Å². The molecule has 3 aromatic rings. The van der Waals surface area contributed by atoms with Gasteiger partial charge in [-0.2, -0.15) is 5.10 Å². The van der Waals surface area contributed by atoms with Crippen molar-refractivity contribution < 1.29 is 9.72 Å². The van der Waals surface area contributed by atoms with E-state index in [9.17, 15) is 14.9 Å². The molecule has 3 rings (SSSR count). The molecule has 0 aliphatic heterocycles. The molecular formula is C21H22N4O3S. The molecule has 0 radical (unpaired) electrons. The molecule has 0 aliphatic carbocycles. The van der Waals surface area contributed by atoms with E-state index in [2.05, 4.69) is 10.4 Å². The lowest BCUT2D eigenvalue weighted by atomic mass is 10.2. The molecule has 0 fully saturated rings. The van der Waals surface area contributed by atoms with Crippen LogP contribution in [0.3, 0.4) is 0 Å². The van der Waals surface area contributed by atoms with Crippen molar-refractivity contribution in [3.8, 4) is 0 Å². The number of benzene rings is 2. The number of aromatic nitrogens is 2. The summed E-state index contributed by atoms with van der Waals surface area (Å²) in [6, 6.07) is 16.0. The van der Waals surface area contributed by atoms with Gasteiger partial charge in [0, 0.05) is 35.3 Å². The predicted molar refractivity (Wildman–Crippen MR) is 112 cm³/mol. The largest absolute Gasteiger partial charge is 0.352 e. The smallest absolute Gasteiger partial charge is 0.284 e. The summed E-state index contributed by atoms with van der Waals surface area (Å²) in [6.07, 6.45) is 0.720. The molecule has 1 aromatic heterocycles. The first kappa shape index (κ1) is 20.6. The Hall–Kier alpha value is -3.13. The zero-order valence-electron chi connectivity index (χ0n) is 16.3. The van der Waals surface area contributed by atoms with E-state index >= 15 is 0 Å². The van der Waals surface area contributed by atoms with Gasteiger partial charge in [0.25, 0.3) is 11.6 Å². The van der Waals surface area contributed by atoms with Crippen LogP contribution in [0.5, 0.6) is 0 Å². The number of rotatable bonds is 8. The highest BCUT2D eigenvalue weighted by atomic mass is 32.2. The van der Waals surface area contributed by atoms with Gasteiger partial charge in [-0.3, -0.25) is 19.6 Å². The Morgan fingerprint density at radius 3 is 2.59 bits per heavy atom. The van der Waals surface area contributed by atoms with Crippen LogP contribution in [0.1, 0.15) is 28.2 Å². The SMILES string of the molecule is Cc1cc(C)n(CCCNC(=O)c2ccc(Sc3ccccc3)c([N+](=O)[O-])c2)n1. The van der Waals surface area contributed by atoms with E-state index in [1.54, 1.807) is 12.1 Å². The van der Waals surface area contributed by atoms with Crippen molar-refractivity contribution in [3.63, 3.8) is 0 Å². The molecule has 0 unspecified atom stereocenters. The second kappa shape index (κ2) is 9.38. The molecule has 2 aromatic carbocycles. The van der Waals surface area contributed by atoms with Crippen LogP contribution in [-0.2, 0) is 6.54 Å². The molecule has 0 atom stereocenters. The number of nitro groups is 1. The van der Waals surface area contributed by atoms with Crippen molar-refractivity contribution in [2.75, 3.05) is 6.54 Å². The molecule has 8 heteroatoms. The molecule has 7 nitrogen and oxygen atoms in total. The summed E-state index contributed by atoms with van der Waals surface area (Å²) in [5.74, 6) is -0.322. The van der Waals surface area contributed by atoms with Crippen LogP contribution in [0.2, 0.25) is 0 Å². The van der Waals surface area contributed by atoms with Crippen LogP contribution in [0, 0.1) is 24.0 Å². The van der Waals surface area contributed by atoms with Gasteiger partial charge >= 0.3 is 0 Å². The monoisotopic (exact) mass is 410 g/mol. The van der Waals surface area contributed by atoms with E-state index in [1.165, 1.54) is 17.8 Å². The summed E-state index contributed by atoms with van der Waals surface area (Å²) in [7, 11) is 0. The van der Waals surface area contributed by atoms with Crippen LogP contribution in [0.25, 0.3) is 0 Å². The van der Waals surface area contributed by atoms with Crippen LogP contribution in [0.4, 0.5) is 5.69 Å². The van der Waals surface area contributed by atoms with Crippen molar-refractivity contribution in [2.24, 2.45) is 0 Å². The zero-order chi connectivity index (χ0) is 20.8. The Labute approximate surface area is 173 Å². The standard InChI is InChI=1S/C21H22N4O3S/c1-15-13-16(2)24(23-15)12-6-11-22-21(26)17-9-10-20(19(14-17)25(27)28)29-18-7-4-3-5-8-18/h3-5,7-10,13-14H,6,11-12H2,1-2H3,(H,22,26). The van der Waals surface area contributed by atoms with Crippen molar-refractivity contribution >= 4 is 23.4 Å². The first-order chi connectivity index (χ1) is 13.9. The van der Waals surface area contributed by atoms with Crippen molar-refractivity contribution in [1.82, 2.24) is 15.1 Å². The zero-order valence-corrected chi connectivity index (χ0v) is 17.1. The maximum Gasteiger partial charge on any atom is 0.284 e. The van der Waals surface area contributed by atoms with E-state index in [4.69, 9.17) is 0 Å². The minimum absolute atomic E-state index is 0.0749. The van der Waals surface area contributed by atoms with Crippen molar-refractivity contribution in [2.45, 2.75) is 36.6 Å². The summed E-state index contributed by atoms with van der Waals surface area (Å²) < 4.78 is 1.90. The van der Waals surface area contributed by atoms with Crippen molar-refractivity contribution in [3.05, 3.63) is 81.7 Å². The number of amides is 1. The molecule has 150 valence electrons. The fourth-order valence-corrected chi connectivity index (χ4v) is 3.86. The Kier molecular flexibility index (Phi) is 6.66. The van der Waals surface area contributed by atoms with Gasteiger partial charge < -0.3 is 5.32 Å². The number of nitrogens with zero attached hydrogens (tertiary/aromatic N) is 3. The van der Waals surface area contributed by atoms with Gasteiger partial charge in [0.05, 0.1) is 15.5 Å².